The maximum atomic E-state index is 12.7. The quantitative estimate of drug-likeness (QED) is 0.542. The minimum atomic E-state index is -4.53. The normalized spacial score (nSPS) is 12.6. The van der Waals surface area contributed by atoms with Crippen LogP contribution in [0.15, 0.2) is 24.3 Å². The first-order valence-corrected chi connectivity index (χ1v) is 9.77. The number of carbonyl (C=O) groups excluding carboxylic acids is 2. The highest BCUT2D eigenvalue weighted by atomic mass is 19.4. The molecule has 0 aliphatic rings. The highest BCUT2D eigenvalue weighted by molar-refractivity contribution is 5.97. The number of aliphatic hydroxyl groups is 1. The summed E-state index contributed by atoms with van der Waals surface area (Å²) in [6, 6.07) is 5.07. The summed E-state index contributed by atoms with van der Waals surface area (Å²) in [7, 11) is 1.22. The number of nitrogens with zero attached hydrogens (tertiary/aromatic N) is 2. The number of halogens is 3. The molecular formula is C21H25F3N4O5. The predicted octanol–water partition coefficient (Wildman–Crippen LogP) is 2.94. The predicted molar refractivity (Wildman–Crippen MR) is 112 cm³/mol. The van der Waals surface area contributed by atoms with Crippen molar-refractivity contribution in [2.24, 2.45) is 0 Å². The van der Waals surface area contributed by atoms with Crippen molar-refractivity contribution in [3.63, 3.8) is 0 Å². The van der Waals surface area contributed by atoms with Crippen LogP contribution in [0.25, 0.3) is 0 Å². The van der Waals surface area contributed by atoms with E-state index in [1.54, 1.807) is 26.0 Å². The molecular weight excluding hydrogens is 445 g/mol. The average molecular weight is 470 g/mol. The van der Waals surface area contributed by atoms with Crippen molar-refractivity contribution in [3.05, 3.63) is 41.1 Å². The SMILES string of the molecule is COc1nc(OCC(F)(F)F)ccc1C(=O)NC(C)c1cc(C)nc(NC(=O)C(C)(C)O)c1. The Balaban J connectivity index is 2.17. The number of amides is 2. The third-order valence-corrected chi connectivity index (χ3v) is 4.28. The number of aromatic nitrogens is 2. The number of methoxy groups -OCH3 is 1. The van der Waals surface area contributed by atoms with Crippen molar-refractivity contribution in [1.82, 2.24) is 15.3 Å². The van der Waals surface area contributed by atoms with Gasteiger partial charge in [-0.3, -0.25) is 9.59 Å². The van der Waals surface area contributed by atoms with E-state index in [4.69, 9.17) is 4.74 Å². The lowest BCUT2D eigenvalue weighted by atomic mass is 10.1. The average Bonchev–Trinajstić information content (AvgIpc) is 2.70. The summed E-state index contributed by atoms with van der Waals surface area (Å²) in [5, 5.41) is 15.0. The maximum Gasteiger partial charge on any atom is 0.422 e. The Labute approximate surface area is 188 Å². The number of aryl methyl sites for hydroxylation is 1. The number of anilines is 1. The standard InChI is InChI=1S/C21H25F3N4O5/c1-11-8-13(9-15(25-11)27-19(30)20(3,4)31)12(2)26-17(29)14-6-7-16(28-18(14)32-5)33-10-21(22,23)24/h6-9,12,31H,10H2,1-5H3,(H,26,29)(H,25,27,30). The van der Waals surface area contributed by atoms with Crippen LogP contribution in [0.4, 0.5) is 19.0 Å². The van der Waals surface area contributed by atoms with E-state index in [1.807, 2.05) is 0 Å². The Morgan fingerprint density at radius 2 is 1.85 bits per heavy atom. The summed E-state index contributed by atoms with van der Waals surface area (Å²) in [5.74, 6) is -1.59. The van der Waals surface area contributed by atoms with Crippen LogP contribution >= 0.6 is 0 Å². The molecule has 0 aliphatic carbocycles. The zero-order chi connectivity index (χ0) is 25.0. The molecule has 1 unspecified atom stereocenters. The summed E-state index contributed by atoms with van der Waals surface area (Å²) in [5.41, 5.74) is -0.445. The minimum Gasteiger partial charge on any atom is -0.480 e. The van der Waals surface area contributed by atoms with E-state index in [-0.39, 0.29) is 23.1 Å². The summed E-state index contributed by atoms with van der Waals surface area (Å²) >= 11 is 0. The second-order valence-electron chi connectivity index (χ2n) is 7.75. The topological polar surface area (TPSA) is 123 Å². The van der Waals surface area contributed by atoms with Gasteiger partial charge in [0.05, 0.1) is 13.2 Å². The van der Waals surface area contributed by atoms with E-state index in [0.717, 1.165) is 6.07 Å². The lowest BCUT2D eigenvalue weighted by Crippen LogP contribution is -2.37. The molecule has 0 aliphatic heterocycles. The van der Waals surface area contributed by atoms with Gasteiger partial charge in [-0.05, 0) is 51.5 Å². The zero-order valence-corrected chi connectivity index (χ0v) is 18.7. The number of hydrogen-bond donors (Lipinski definition) is 3. The molecule has 2 aromatic rings. The molecule has 9 nitrogen and oxygen atoms in total. The van der Waals surface area contributed by atoms with Crippen LogP contribution in [-0.4, -0.2) is 52.4 Å². The van der Waals surface area contributed by atoms with E-state index < -0.39 is 36.2 Å². The second kappa shape index (κ2) is 10.0. The van der Waals surface area contributed by atoms with E-state index in [1.165, 1.54) is 27.0 Å². The van der Waals surface area contributed by atoms with Crippen molar-refractivity contribution in [3.8, 4) is 11.8 Å². The molecule has 2 heterocycles. The largest absolute Gasteiger partial charge is 0.480 e. The van der Waals surface area contributed by atoms with Gasteiger partial charge in [-0.25, -0.2) is 4.98 Å². The van der Waals surface area contributed by atoms with E-state index >= 15 is 0 Å². The Hall–Kier alpha value is -3.41. The Morgan fingerprint density at radius 3 is 2.42 bits per heavy atom. The van der Waals surface area contributed by atoms with Gasteiger partial charge in [-0.15, -0.1) is 0 Å². The molecule has 0 fully saturated rings. The molecule has 3 N–H and O–H groups in total. The smallest absolute Gasteiger partial charge is 0.422 e. The van der Waals surface area contributed by atoms with Crippen LogP contribution in [-0.2, 0) is 4.79 Å². The Morgan fingerprint density at radius 1 is 1.18 bits per heavy atom. The maximum absolute atomic E-state index is 12.7. The van der Waals surface area contributed by atoms with Crippen LogP contribution in [0.5, 0.6) is 11.8 Å². The number of rotatable bonds is 8. The highest BCUT2D eigenvalue weighted by Gasteiger charge is 2.29. The summed E-state index contributed by atoms with van der Waals surface area (Å²) in [6.07, 6.45) is -4.53. The van der Waals surface area contributed by atoms with Crippen molar-refractivity contribution in [2.75, 3.05) is 19.0 Å². The van der Waals surface area contributed by atoms with Crippen molar-refractivity contribution >= 4 is 17.6 Å². The zero-order valence-electron chi connectivity index (χ0n) is 18.7. The third-order valence-electron chi connectivity index (χ3n) is 4.28. The molecule has 12 heteroatoms. The fraction of sp³-hybridized carbons (Fsp3) is 0.429. The van der Waals surface area contributed by atoms with Crippen LogP contribution in [0.1, 0.15) is 48.4 Å². The fourth-order valence-corrected chi connectivity index (χ4v) is 2.62. The van der Waals surface area contributed by atoms with Gasteiger partial charge in [0, 0.05) is 11.8 Å². The van der Waals surface area contributed by atoms with Gasteiger partial charge >= 0.3 is 6.18 Å². The molecule has 0 saturated heterocycles. The Bertz CT molecular complexity index is 1020. The molecule has 1 atom stereocenters. The van der Waals surface area contributed by atoms with Gasteiger partial charge in [-0.2, -0.15) is 18.2 Å². The molecule has 180 valence electrons. The lowest BCUT2D eigenvalue weighted by Gasteiger charge is -2.19. The molecule has 2 rings (SSSR count). The van der Waals surface area contributed by atoms with Crippen molar-refractivity contribution in [2.45, 2.75) is 45.5 Å². The van der Waals surface area contributed by atoms with Crippen molar-refractivity contribution < 1.29 is 37.3 Å². The van der Waals surface area contributed by atoms with Crippen molar-refractivity contribution in [1.29, 1.82) is 0 Å². The first-order chi connectivity index (χ1) is 15.2. The molecule has 2 aromatic heterocycles. The van der Waals surface area contributed by atoms with Gasteiger partial charge < -0.3 is 25.2 Å². The van der Waals surface area contributed by atoms with Gasteiger partial charge in [0.25, 0.3) is 11.8 Å². The monoisotopic (exact) mass is 470 g/mol. The van der Waals surface area contributed by atoms with Gasteiger partial charge in [-0.1, -0.05) is 0 Å². The number of carbonyl (C=O) groups is 2. The fourth-order valence-electron chi connectivity index (χ4n) is 2.62. The summed E-state index contributed by atoms with van der Waals surface area (Å²) in [6.45, 7) is 4.53. The summed E-state index contributed by atoms with van der Waals surface area (Å²) in [4.78, 5) is 32.8. The number of pyridine rings is 2. The van der Waals surface area contributed by atoms with Gasteiger partial charge in [0.1, 0.15) is 17.0 Å². The second-order valence-corrected chi connectivity index (χ2v) is 7.75. The number of alkyl halides is 3. The number of hydrogen-bond acceptors (Lipinski definition) is 7. The first-order valence-electron chi connectivity index (χ1n) is 9.77. The molecule has 0 bridgehead atoms. The van der Waals surface area contributed by atoms with E-state index in [2.05, 4.69) is 25.3 Å². The molecule has 0 spiro atoms. The molecule has 2 amide bonds. The Kier molecular flexibility index (Phi) is 7.85. The third kappa shape index (κ3) is 7.59. The lowest BCUT2D eigenvalue weighted by molar-refractivity contribution is -0.154. The van der Waals surface area contributed by atoms with Crippen LogP contribution in [0.2, 0.25) is 0 Å². The van der Waals surface area contributed by atoms with Gasteiger partial charge in [0.2, 0.25) is 11.8 Å². The summed E-state index contributed by atoms with van der Waals surface area (Å²) < 4.78 is 46.6. The number of ether oxygens (including phenoxy) is 2. The molecule has 0 radical (unpaired) electrons. The first kappa shape index (κ1) is 25.8. The molecule has 0 saturated carbocycles. The molecule has 0 aromatic carbocycles. The van der Waals surface area contributed by atoms with Crippen LogP contribution < -0.4 is 20.1 Å². The number of nitrogens with one attached hydrogen (secondary N) is 2. The highest BCUT2D eigenvalue weighted by Crippen LogP contribution is 2.24. The van der Waals surface area contributed by atoms with Crippen LogP contribution in [0, 0.1) is 6.92 Å². The van der Waals surface area contributed by atoms with Crippen LogP contribution in [0.3, 0.4) is 0 Å². The van der Waals surface area contributed by atoms with E-state index in [0.29, 0.717) is 11.3 Å². The minimum absolute atomic E-state index is 0.00922. The van der Waals surface area contributed by atoms with Gasteiger partial charge in [0.15, 0.2) is 6.61 Å². The molecule has 33 heavy (non-hydrogen) atoms. The van der Waals surface area contributed by atoms with E-state index in [9.17, 15) is 27.9 Å².